The predicted molar refractivity (Wildman–Crippen MR) is 112 cm³/mol. The summed E-state index contributed by atoms with van der Waals surface area (Å²) in [6.07, 6.45) is 6.48. The Morgan fingerprint density at radius 1 is 1.24 bits per heavy atom. The van der Waals surface area contributed by atoms with Gasteiger partial charge in [0, 0.05) is 19.5 Å². The lowest BCUT2D eigenvalue weighted by atomic mass is 9.70. The van der Waals surface area contributed by atoms with Crippen LogP contribution in [0.1, 0.15) is 47.0 Å². The first-order chi connectivity index (χ1) is 13.8. The second kappa shape index (κ2) is 10.2. The van der Waals surface area contributed by atoms with Crippen molar-refractivity contribution in [3.05, 3.63) is 12.2 Å². The van der Waals surface area contributed by atoms with Gasteiger partial charge in [0.25, 0.3) is 0 Å². The minimum absolute atomic E-state index is 0.0369. The molecule has 0 aromatic heterocycles. The van der Waals surface area contributed by atoms with Gasteiger partial charge in [-0.1, -0.05) is 52.7 Å². The zero-order chi connectivity index (χ0) is 21.7. The summed E-state index contributed by atoms with van der Waals surface area (Å²) in [5.74, 6) is -2.12. The van der Waals surface area contributed by atoms with Gasteiger partial charge in [0.1, 0.15) is 6.04 Å². The molecule has 2 aliphatic rings. The van der Waals surface area contributed by atoms with Crippen LogP contribution in [-0.2, 0) is 14.4 Å². The van der Waals surface area contributed by atoms with Crippen molar-refractivity contribution in [3.8, 4) is 0 Å². The van der Waals surface area contributed by atoms with Gasteiger partial charge in [-0.3, -0.25) is 14.4 Å². The molecule has 0 unspecified atom stereocenters. The van der Waals surface area contributed by atoms with Gasteiger partial charge < -0.3 is 20.6 Å². The van der Waals surface area contributed by atoms with Gasteiger partial charge in [0.15, 0.2) is 0 Å². The smallest absolute Gasteiger partial charge is 0.243 e. The molecular formula is C22H37N3O4. The average Bonchev–Trinajstić information content (AvgIpc) is 3.00. The summed E-state index contributed by atoms with van der Waals surface area (Å²) in [5, 5.41) is 15.8. The number of fused-ring (bicyclic) bond motifs is 1. The third-order valence-corrected chi connectivity index (χ3v) is 6.70. The van der Waals surface area contributed by atoms with E-state index in [0.717, 1.165) is 19.3 Å². The summed E-state index contributed by atoms with van der Waals surface area (Å²) in [6.45, 7) is 8.32. The number of likely N-dealkylation sites (tertiary alicyclic amines) is 1. The Morgan fingerprint density at radius 2 is 1.93 bits per heavy atom. The largest absolute Gasteiger partial charge is 0.394 e. The van der Waals surface area contributed by atoms with E-state index in [1.807, 2.05) is 32.9 Å². The summed E-state index contributed by atoms with van der Waals surface area (Å²) in [6, 6.07) is -1.15. The summed E-state index contributed by atoms with van der Waals surface area (Å²) >= 11 is 0. The fourth-order valence-electron chi connectivity index (χ4n) is 4.77. The van der Waals surface area contributed by atoms with E-state index in [1.54, 1.807) is 11.9 Å². The van der Waals surface area contributed by atoms with E-state index >= 15 is 0 Å². The SMILES string of the molecule is CCCCNC(=O)[C@@H]1[C@H]2C=C[C@@H](C)[C@@H](C(=O)NC)[C@H]2C(=O)N1[C@@H](CO)[C@@H](C)CC. The molecule has 0 bridgehead atoms. The topological polar surface area (TPSA) is 98.7 Å². The molecule has 1 heterocycles. The first-order valence-electron chi connectivity index (χ1n) is 10.9. The van der Waals surface area contributed by atoms with Crippen LogP contribution in [-0.4, -0.2) is 60.0 Å². The molecule has 2 rings (SSSR count). The fraction of sp³-hybridized carbons (Fsp3) is 0.773. The fourth-order valence-corrected chi connectivity index (χ4v) is 4.77. The number of aliphatic hydroxyl groups excluding tert-OH is 1. The zero-order valence-electron chi connectivity index (χ0n) is 18.4. The quantitative estimate of drug-likeness (QED) is 0.397. The number of nitrogens with one attached hydrogen (secondary N) is 2. The molecule has 1 saturated heterocycles. The second-order valence-corrected chi connectivity index (χ2v) is 8.46. The summed E-state index contributed by atoms with van der Waals surface area (Å²) in [5.41, 5.74) is 0. The number of nitrogens with zero attached hydrogens (tertiary/aromatic N) is 1. The molecule has 0 radical (unpaired) electrons. The zero-order valence-corrected chi connectivity index (χ0v) is 18.4. The molecule has 0 saturated carbocycles. The highest BCUT2D eigenvalue weighted by molar-refractivity contribution is 5.97. The van der Waals surface area contributed by atoms with Crippen LogP contribution in [0.4, 0.5) is 0 Å². The van der Waals surface area contributed by atoms with Gasteiger partial charge >= 0.3 is 0 Å². The predicted octanol–water partition coefficient (Wildman–Crippen LogP) is 1.32. The number of unbranched alkanes of at least 4 members (excludes halogenated alkanes) is 1. The van der Waals surface area contributed by atoms with Crippen molar-refractivity contribution in [2.75, 3.05) is 20.2 Å². The van der Waals surface area contributed by atoms with Gasteiger partial charge in [-0.05, 0) is 18.3 Å². The van der Waals surface area contributed by atoms with Crippen LogP contribution in [0.5, 0.6) is 0 Å². The molecule has 7 atom stereocenters. The molecule has 7 heteroatoms. The Hall–Kier alpha value is -1.89. The number of hydrogen-bond donors (Lipinski definition) is 3. The van der Waals surface area contributed by atoms with Crippen molar-refractivity contribution in [2.24, 2.45) is 29.6 Å². The molecule has 1 aliphatic carbocycles. The van der Waals surface area contributed by atoms with E-state index in [-0.39, 0.29) is 42.1 Å². The lowest BCUT2D eigenvalue weighted by Crippen LogP contribution is -2.54. The van der Waals surface area contributed by atoms with Crippen LogP contribution in [0.25, 0.3) is 0 Å². The minimum Gasteiger partial charge on any atom is -0.394 e. The minimum atomic E-state index is -0.702. The normalized spacial score (nSPS) is 30.6. The monoisotopic (exact) mass is 407 g/mol. The maximum atomic E-state index is 13.6. The number of rotatable bonds is 9. The van der Waals surface area contributed by atoms with Crippen molar-refractivity contribution in [1.29, 1.82) is 0 Å². The van der Waals surface area contributed by atoms with Crippen molar-refractivity contribution in [1.82, 2.24) is 15.5 Å². The van der Waals surface area contributed by atoms with Gasteiger partial charge in [0.2, 0.25) is 17.7 Å². The standard InChI is InChI=1S/C22H37N3O4/c1-6-8-11-24-21(28)19-15-10-9-14(4)17(20(27)23-5)18(15)22(29)25(19)16(12-26)13(3)7-2/h9-10,13-19,26H,6-8,11-12H2,1-5H3,(H,23,27)(H,24,28)/t13-,14+,15-,16-,17+,18-,19-/m0/s1. The Kier molecular flexibility index (Phi) is 8.25. The van der Waals surface area contributed by atoms with E-state index in [1.165, 1.54) is 0 Å². The summed E-state index contributed by atoms with van der Waals surface area (Å²) < 4.78 is 0. The van der Waals surface area contributed by atoms with E-state index in [4.69, 9.17) is 0 Å². The summed E-state index contributed by atoms with van der Waals surface area (Å²) in [7, 11) is 1.57. The van der Waals surface area contributed by atoms with E-state index in [0.29, 0.717) is 6.54 Å². The number of carbonyl (C=O) groups excluding carboxylic acids is 3. The van der Waals surface area contributed by atoms with Gasteiger partial charge in [0.05, 0.1) is 24.5 Å². The van der Waals surface area contributed by atoms with Gasteiger partial charge in [-0.15, -0.1) is 0 Å². The van der Waals surface area contributed by atoms with Crippen LogP contribution in [0, 0.1) is 29.6 Å². The number of carbonyl (C=O) groups is 3. The molecule has 29 heavy (non-hydrogen) atoms. The number of amides is 3. The van der Waals surface area contributed by atoms with Crippen LogP contribution in [0.15, 0.2) is 12.2 Å². The van der Waals surface area contributed by atoms with Crippen LogP contribution in [0.2, 0.25) is 0 Å². The molecule has 164 valence electrons. The second-order valence-electron chi connectivity index (χ2n) is 8.46. The van der Waals surface area contributed by atoms with Gasteiger partial charge in [-0.25, -0.2) is 0 Å². The highest BCUT2D eigenvalue weighted by atomic mass is 16.3. The maximum Gasteiger partial charge on any atom is 0.243 e. The molecule has 0 spiro atoms. The Labute approximate surface area is 174 Å². The van der Waals surface area contributed by atoms with Crippen LogP contribution in [0.3, 0.4) is 0 Å². The molecule has 7 nitrogen and oxygen atoms in total. The average molecular weight is 408 g/mol. The number of aliphatic hydroxyl groups is 1. The molecule has 3 amide bonds. The van der Waals surface area contributed by atoms with Gasteiger partial charge in [-0.2, -0.15) is 0 Å². The third kappa shape index (κ3) is 4.49. The lowest BCUT2D eigenvalue weighted by Gasteiger charge is -2.36. The number of hydrogen-bond acceptors (Lipinski definition) is 4. The highest BCUT2D eigenvalue weighted by Crippen LogP contribution is 2.45. The van der Waals surface area contributed by atoms with Crippen molar-refractivity contribution in [2.45, 2.75) is 59.0 Å². The van der Waals surface area contributed by atoms with Crippen molar-refractivity contribution < 1.29 is 19.5 Å². The highest BCUT2D eigenvalue weighted by Gasteiger charge is 2.58. The Morgan fingerprint density at radius 3 is 2.48 bits per heavy atom. The van der Waals surface area contributed by atoms with Crippen molar-refractivity contribution in [3.63, 3.8) is 0 Å². The Bertz CT molecular complexity index is 636. The molecule has 0 aromatic carbocycles. The molecular weight excluding hydrogens is 370 g/mol. The van der Waals surface area contributed by atoms with Crippen LogP contribution < -0.4 is 10.6 Å². The first-order valence-corrected chi connectivity index (χ1v) is 10.9. The Balaban J connectivity index is 2.47. The number of allylic oxidation sites excluding steroid dienone is 1. The summed E-state index contributed by atoms with van der Waals surface area (Å²) in [4.78, 5) is 41.0. The maximum absolute atomic E-state index is 13.6. The van der Waals surface area contributed by atoms with E-state index in [2.05, 4.69) is 17.6 Å². The first kappa shape index (κ1) is 23.4. The van der Waals surface area contributed by atoms with Crippen molar-refractivity contribution >= 4 is 17.7 Å². The van der Waals surface area contributed by atoms with E-state index in [9.17, 15) is 19.5 Å². The van der Waals surface area contributed by atoms with Crippen LogP contribution >= 0.6 is 0 Å². The van der Waals surface area contributed by atoms with E-state index < -0.39 is 23.9 Å². The third-order valence-electron chi connectivity index (χ3n) is 6.70. The molecule has 3 N–H and O–H groups in total. The molecule has 0 aromatic rings. The lowest BCUT2D eigenvalue weighted by molar-refractivity contribution is -0.144. The molecule has 1 fully saturated rings. The molecule has 1 aliphatic heterocycles.